The first-order valence-corrected chi connectivity index (χ1v) is 6.91. The number of aldehydes is 1. The maximum absolute atomic E-state index is 12.0. The van der Waals surface area contributed by atoms with Gasteiger partial charge in [-0.3, -0.25) is 4.79 Å². The molecule has 3 heteroatoms. The summed E-state index contributed by atoms with van der Waals surface area (Å²) < 4.78 is 0. The van der Waals surface area contributed by atoms with Crippen LogP contribution >= 0.6 is 0 Å². The van der Waals surface area contributed by atoms with E-state index >= 15 is 0 Å². The van der Waals surface area contributed by atoms with Crippen LogP contribution in [0.25, 0.3) is 0 Å². The molecule has 0 aromatic heterocycles. The minimum atomic E-state index is -0.0483. The van der Waals surface area contributed by atoms with Crippen LogP contribution in [-0.4, -0.2) is 30.7 Å². The zero-order valence-electron chi connectivity index (χ0n) is 11.7. The Morgan fingerprint density at radius 3 is 2.41 bits per heavy atom. The van der Waals surface area contributed by atoms with Gasteiger partial charge < -0.3 is 9.69 Å². The lowest BCUT2D eigenvalue weighted by Gasteiger charge is -2.30. The Hall–Kier alpha value is -0.860. The van der Waals surface area contributed by atoms with Gasteiger partial charge in [-0.05, 0) is 19.3 Å². The minimum absolute atomic E-state index is 0.0365. The van der Waals surface area contributed by atoms with E-state index in [4.69, 9.17) is 0 Å². The topological polar surface area (TPSA) is 37.4 Å². The average molecular weight is 241 g/mol. The van der Waals surface area contributed by atoms with Crippen LogP contribution < -0.4 is 0 Å². The van der Waals surface area contributed by atoms with Crippen LogP contribution in [0.15, 0.2) is 0 Å². The Bertz CT molecular complexity index is 228. The summed E-state index contributed by atoms with van der Waals surface area (Å²) in [5.74, 6) is 0.0759. The van der Waals surface area contributed by atoms with Gasteiger partial charge in [0.2, 0.25) is 5.91 Å². The minimum Gasteiger partial charge on any atom is -0.346 e. The number of hydrogen-bond acceptors (Lipinski definition) is 2. The molecule has 0 radical (unpaired) electrons. The summed E-state index contributed by atoms with van der Waals surface area (Å²) in [4.78, 5) is 24.7. The van der Waals surface area contributed by atoms with E-state index in [2.05, 4.69) is 6.92 Å². The van der Waals surface area contributed by atoms with Gasteiger partial charge in [0.25, 0.3) is 0 Å². The first-order chi connectivity index (χ1) is 8.20. The zero-order chi connectivity index (χ0) is 13.3. The Kier molecular flexibility index (Phi) is 8.73. The highest BCUT2D eigenvalue weighted by Gasteiger charge is 2.31. The smallest absolute Gasteiger partial charge is 0.226 e. The average Bonchev–Trinajstić information content (AvgIpc) is 2.40. The fourth-order valence-electron chi connectivity index (χ4n) is 2.36. The molecule has 0 aliphatic heterocycles. The standard InChI is InChI=1S/C12H21NO2.C2H6/c1-3-8-13(2)12(15)11-7-5-4-6-10(11)9-14;1-2/h9-11H,3-8H2,1-2H3;1-2H3. The summed E-state index contributed by atoms with van der Waals surface area (Å²) in [6, 6.07) is 0. The van der Waals surface area contributed by atoms with Crippen molar-refractivity contribution >= 4 is 12.2 Å². The van der Waals surface area contributed by atoms with Gasteiger partial charge in [-0.15, -0.1) is 0 Å². The number of rotatable bonds is 4. The molecule has 100 valence electrons. The second kappa shape index (κ2) is 9.20. The van der Waals surface area contributed by atoms with E-state index in [-0.39, 0.29) is 17.7 Å². The van der Waals surface area contributed by atoms with E-state index in [0.29, 0.717) is 0 Å². The van der Waals surface area contributed by atoms with Crippen molar-refractivity contribution in [1.82, 2.24) is 4.90 Å². The molecule has 0 bridgehead atoms. The monoisotopic (exact) mass is 241 g/mol. The fourth-order valence-corrected chi connectivity index (χ4v) is 2.36. The Labute approximate surface area is 106 Å². The molecule has 3 nitrogen and oxygen atoms in total. The summed E-state index contributed by atoms with van der Waals surface area (Å²) in [5.41, 5.74) is 0. The molecule has 17 heavy (non-hydrogen) atoms. The molecule has 0 N–H and O–H groups in total. The Balaban J connectivity index is 0.00000121. The summed E-state index contributed by atoms with van der Waals surface area (Å²) >= 11 is 0. The van der Waals surface area contributed by atoms with Crippen LogP contribution in [0.2, 0.25) is 0 Å². The molecular formula is C14H27NO2. The van der Waals surface area contributed by atoms with E-state index < -0.39 is 0 Å². The molecule has 1 fully saturated rings. The molecule has 0 heterocycles. The van der Waals surface area contributed by atoms with Gasteiger partial charge in [0, 0.05) is 25.4 Å². The van der Waals surface area contributed by atoms with Crippen molar-refractivity contribution in [3.63, 3.8) is 0 Å². The van der Waals surface area contributed by atoms with Crippen molar-refractivity contribution in [1.29, 1.82) is 0 Å². The van der Waals surface area contributed by atoms with Crippen LogP contribution in [0.4, 0.5) is 0 Å². The van der Waals surface area contributed by atoms with E-state index in [0.717, 1.165) is 44.9 Å². The lowest BCUT2D eigenvalue weighted by Crippen LogP contribution is -2.38. The van der Waals surface area contributed by atoms with Crippen LogP contribution in [0.3, 0.4) is 0 Å². The largest absolute Gasteiger partial charge is 0.346 e. The van der Waals surface area contributed by atoms with Crippen LogP contribution in [0.5, 0.6) is 0 Å². The lowest BCUT2D eigenvalue weighted by atomic mass is 9.79. The lowest BCUT2D eigenvalue weighted by molar-refractivity contribution is -0.139. The molecule has 1 amide bonds. The van der Waals surface area contributed by atoms with E-state index in [1.807, 2.05) is 20.9 Å². The number of carbonyl (C=O) groups is 2. The van der Waals surface area contributed by atoms with Crippen molar-refractivity contribution in [3.05, 3.63) is 0 Å². The fraction of sp³-hybridized carbons (Fsp3) is 0.857. The third-order valence-corrected chi connectivity index (χ3v) is 3.25. The second-order valence-electron chi connectivity index (χ2n) is 4.45. The maximum Gasteiger partial charge on any atom is 0.226 e. The SMILES string of the molecule is CC.CCCN(C)C(=O)C1CCCCC1C=O. The van der Waals surface area contributed by atoms with Crippen molar-refractivity contribution in [2.24, 2.45) is 11.8 Å². The number of amides is 1. The molecule has 0 aromatic rings. The molecule has 0 spiro atoms. The van der Waals surface area contributed by atoms with Gasteiger partial charge in [0.05, 0.1) is 0 Å². The molecular weight excluding hydrogens is 214 g/mol. The molecule has 1 rings (SSSR count). The third-order valence-electron chi connectivity index (χ3n) is 3.25. The highest BCUT2D eigenvalue weighted by molar-refractivity contribution is 5.81. The summed E-state index contributed by atoms with van der Waals surface area (Å²) in [7, 11) is 1.84. The van der Waals surface area contributed by atoms with Gasteiger partial charge in [-0.2, -0.15) is 0 Å². The first kappa shape index (κ1) is 16.1. The van der Waals surface area contributed by atoms with Gasteiger partial charge >= 0.3 is 0 Å². The van der Waals surface area contributed by atoms with E-state index in [1.54, 1.807) is 4.90 Å². The number of hydrogen-bond donors (Lipinski definition) is 0. The second-order valence-corrected chi connectivity index (χ2v) is 4.45. The van der Waals surface area contributed by atoms with Crippen molar-refractivity contribution in [2.75, 3.05) is 13.6 Å². The normalized spacial score (nSPS) is 23.3. The predicted octanol–water partition coefficient (Wildman–Crippen LogP) is 2.89. The number of carbonyl (C=O) groups excluding carboxylic acids is 2. The van der Waals surface area contributed by atoms with Crippen LogP contribution in [-0.2, 0) is 9.59 Å². The van der Waals surface area contributed by atoms with Crippen molar-refractivity contribution < 1.29 is 9.59 Å². The molecule has 0 saturated heterocycles. The van der Waals surface area contributed by atoms with Gasteiger partial charge in [0.1, 0.15) is 6.29 Å². The molecule has 1 aliphatic carbocycles. The number of nitrogens with zero attached hydrogens (tertiary/aromatic N) is 1. The molecule has 1 saturated carbocycles. The van der Waals surface area contributed by atoms with Crippen LogP contribution in [0.1, 0.15) is 52.9 Å². The molecule has 2 unspecified atom stereocenters. The summed E-state index contributed by atoms with van der Waals surface area (Å²) in [6.45, 7) is 6.85. The van der Waals surface area contributed by atoms with Gasteiger partial charge in [-0.25, -0.2) is 0 Å². The first-order valence-electron chi connectivity index (χ1n) is 6.91. The zero-order valence-corrected chi connectivity index (χ0v) is 11.7. The summed E-state index contributed by atoms with van der Waals surface area (Å²) in [6.07, 6.45) is 5.89. The highest BCUT2D eigenvalue weighted by atomic mass is 16.2. The third kappa shape index (κ3) is 4.88. The molecule has 0 aromatic carbocycles. The van der Waals surface area contributed by atoms with E-state index in [1.165, 1.54) is 0 Å². The maximum atomic E-state index is 12.0. The van der Waals surface area contributed by atoms with Crippen LogP contribution in [0, 0.1) is 11.8 Å². The Morgan fingerprint density at radius 2 is 1.88 bits per heavy atom. The Morgan fingerprint density at radius 1 is 1.29 bits per heavy atom. The molecule has 2 atom stereocenters. The summed E-state index contributed by atoms with van der Waals surface area (Å²) in [5, 5.41) is 0. The quantitative estimate of drug-likeness (QED) is 0.710. The van der Waals surface area contributed by atoms with Gasteiger partial charge in [0.15, 0.2) is 0 Å². The molecule has 1 aliphatic rings. The predicted molar refractivity (Wildman–Crippen MR) is 70.8 cm³/mol. The van der Waals surface area contributed by atoms with Crippen molar-refractivity contribution in [2.45, 2.75) is 52.9 Å². The highest BCUT2D eigenvalue weighted by Crippen LogP contribution is 2.29. The van der Waals surface area contributed by atoms with Crippen molar-refractivity contribution in [3.8, 4) is 0 Å². The van der Waals surface area contributed by atoms with E-state index in [9.17, 15) is 9.59 Å². The van der Waals surface area contributed by atoms with Gasteiger partial charge in [-0.1, -0.05) is 33.6 Å².